The lowest BCUT2D eigenvalue weighted by atomic mass is 9.41. The lowest BCUT2D eigenvalue weighted by Crippen LogP contribution is -2.73. The van der Waals surface area contributed by atoms with Crippen molar-refractivity contribution >= 4 is 33.5 Å². The van der Waals surface area contributed by atoms with Crippen molar-refractivity contribution in [1.29, 1.82) is 0 Å². The molecule has 0 atom stereocenters. The monoisotopic (exact) mass is 572 g/mol. The van der Waals surface area contributed by atoms with Gasteiger partial charge in [-0.2, -0.15) is 0 Å². The Bertz CT molecular complexity index is 1750. The minimum Gasteiger partial charge on any atom is -0.456 e. The molecule has 0 aromatic heterocycles. The molecule has 44 heavy (non-hydrogen) atoms. The highest BCUT2D eigenvalue weighted by Gasteiger charge is 2.50. The quantitative estimate of drug-likeness (QED) is 0.346. The summed E-state index contributed by atoms with van der Waals surface area (Å²) >= 11 is 0. The van der Waals surface area contributed by atoms with Gasteiger partial charge >= 0.3 is 27.9 Å². The first kappa shape index (κ1) is 27.2. The molecule has 0 saturated carbocycles. The van der Waals surface area contributed by atoms with Gasteiger partial charge in [0.25, 0.3) is 0 Å². The molecule has 0 bridgehead atoms. The topological polar surface area (TPSA) is 22.2 Å². The Morgan fingerprint density at radius 1 is 0.636 bits per heavy atom. The second kappa shape index (κ2) is 9.82. The molecule has 6 heterocycles. The van der Waals surface area contributed by atoms with Gasteiger partial charge in [0.1, 0.15) is 11.5 Å². The van der Waals surface area contributed by atoms with Gasteiger partial charge in [-0.05, 0) is 65.6 Å². The molecule has 1 saturated heterocycles. The Labute approximate surface area is 263 Å². The molecule has 0 unspecified atom stereocenters. The molecule has 0 spiro atoms. The predicted molar refractivity (Wildman–Crippen MR) is 186 cm³/mol. The summed E-state index contributed by atoms with van der Waals surface area (Å²) in [6, 6.07) is 13.1. The third-order valence-electron chi connectivity index (χ3n) is 9.84. The minimum absolute atomic E-state index is 0.0181. The van der Waals surface area contributed by atoms with Crippen LogP contribution in [0.4, 0.5) is 0 Å². The summed E-state index contributed by atoms with van der Waals surface area (Å²) in [5, 5.41) is 0. The van der Waals surface area contributed by atoms with Gasteiger partial charge in [-0.1, -0.05) is 113 Å². The fourth-order valence-corrected chi connectivity index (χ4v) is 7.62. The van der Waals surface area contributed by atoms with Crippen LogP contribution in [0.2, 0.25) is 0 Å². The van der Waals surface area contributed by atoms with Crippen molar-refractivity contribution in [2.75, 3.05) is 0 Å². The second-order valence-electron chi connectivity index (χ2n) is 13.9. The highest BCUT2D eigenvalue weighted by molar-refractivity contribution is 6.92. The largest absolute Gasteiger partial charge is 0.456 e. The van der Waals surface area contributed by atoms with Crippen molar-refractivity contribution in [3.63, 3.8) is 0 Å². The van der Waals surface area contributed by atoms with Crippen LogP contribution < -0.4 is 4.74 Å². The maximum Gasteiger partial charge on any atom is 0.380 e. The predicted octanol–water partition coefficient (Wildman–Crippen LogP) is 6.91. The van der Waals surface area contributed by atoms with E-state index in [0.717, 1.165) is 11.5 Å². The van der Waals surface area contributed by atoms with Crippen LogP contribution in [0.15, 0.2) is 128 Å². The molecule has 2 aromatic rings. The zero-order valence-corrected chi connectivity index (χ0v) is 26.1. The maximum absolute atomic E-state index is 6.89. The zero-order chi connectivity index (χ0) is 30.2. The number of hydrogen-bond acceptors (Lipinski definition) is 5. The molecule has 5 nitrogen and oxygen atoms in total. The zero-order valence-electron chi connectivity index (χ0n) is 26.1. The first-order chi connectivity index (χ1) is 21.2. The first-order valence-corrected chi connectivity index (χ1v) is 15.7. The molecule has 2 aromatic carbocycles. The Hall–Kier alpha value is -4.38. The summed E-state index contributed by atoms with van der Waals surface area (Å²) in [6.07, 6.45) is 24.3. The number of hydrogen-bond donors (Lipinski definition) is 0. The van der Waals surface area contributed by atoms with Gasteiger partial charge < -0.3 is 23.6 Å². The van der Waals surface area contributed by atoms with Crippen LogP contribution in [0.5, 0.6) is 11.5 Å². The van der Waals surface area contributed by atoms with Gasteiger partial charge in [-0.3, -0.25) is 0 Å². The number of benzene rings is 2. The van der Waals surface area contributed by atoms with E-state index < -0.39 is 0 Å². The van der Waals surface area contributed by atoms with Crippen LogP contribution in [0.25, 0.3) is 5.57 Å². The Kier molecular flexibility index (Phi) is 6.07. The highest BCUT2D eigenvalue weighted by Crippen LogP contribution is 2.52. The lowest BCUT2D eigenvalue weighted by Gasteiger charge is -2.53. The first-order valence-electron chi connectivity index (χ1n) is 15.7. The van der Waals surface area contributed by atoms with Crippen LogP contribution in [0.3, 0.4) is 0 Å². The molecule has 9 heteroatoms. The second-order valence-corrected chi connectivity index (χ2v) is 13.9. The summed E-state index contributed by atoms with van der Waals surface area (Å²) in [5.74, 6) is 11.2. The van der Waals surface area contributed by atoms with E-state index in [0.29, 0.717) is 0 Å². The van der Waals surface area contributed by atoms with Crippen molar-refractivity contribution in [1.82, 2.24) is 18.9 Å². The normalized spacial score (nSPS) is 20.3. The summed E-state index contributed by atoms with van der Waals surface area (Å²) in [7, 11) is 0. The number of rotatable bonds is 1. The standard InChI is InChI=1S/C35H36B4N4O/c1-34(2,3)29-16-17-30-33(44-31-15-7-6-14-28(31)35(30,4)5)32(29)27-18-22-39-42-25-12-9-20-37(42)40-23-11-8-19-36(40)41-24-13-10-21-38(41)43(39)26-27/h6-26H,1-5H3. The Morgan fingerprint density at radius 3 is 1.82 bits per heavy atom. The molecule has 6 aliphatic heterocycles. The SMILES string of the molecule is CC(C)(C)c1ccc2c(c1C1=CN3B4C=CC=CN4B4C=CC=CN4B4C=CC=CN4B3C=C1)Oc1ccccc1C2(C)C. The van der Waals surface area contributed by atoms with E-state index in [2.05, 4.69) is 181 Å². The molecular formula is C35H36B4N4O. The number of fused-ring (bicyclic) bond motifs is 10. The molecule has 0 radical (unpaired) electrons. The van der Waals surface area contributed by atoms with Crippen molar-refractivity contribution in [2.24, 2.45) is 0 Å². The smallest absolute Gasteiger partial charge is 0.380 e. The average Bonchev–Trinajstić information content (AvgIpc) is 3.03. The van der Waals surface area contributed by atoms with E-state index in [1.54, 1.807) is 0 Å². The molecule has 214 valence electrons. The van der Waals surface area contributed by atoms with E-state index >= 15 is 0 Å². The van der Waals surface area contributed by atoms with Crippen molar-refractivity contribution in [3.05, 3.63) is 150 Å². The summed E-state index contributed by atoms with van der Waals surface area (Å²) in [5.41, 5.74) is 5.83. The number of para-hydroxylation sites is 1. The number of allylic oxidation sites excluding steroid dienone is 8. The lowest BCUT2D eigenvalue weighted by molar-refractivity contribution is 0.414. The van der Waals surface area contributed by atoms with E-state index in [4.69, 9.17) is 4.74 Å². The number of nitrogens with zero attached hydrogens (tertiary/aromatic N) is 4. The van der Waals surface area contributed by atoms with Crippen LogP contribution in [-0.2, 0) is 10.8 Å². The molecule has 0 N–H and O–H groups in total. The van der Waals surface area contributed by atoms with Crippen LogP contribution in [-0.4, -0.2) is 46.8 Å². The fraction of sp³-hybridized carbons (Fsp3) is 0.200. The third-order valence-corrected chi connectivity index (χ3v) is 9.84. The van der Waals surface area contributed by atoms with Crippen molar-refractivity contribution in [3.8, 4) is 11.5 Å². The molecule has 6 aliphatic rings. The Morgan fingerprint density at radius 2 is 1.20 bits per heavy atom. The van der Waals surface area contributed by atoms with E-state index in [9.17, 15) is 0 Å². The van der Waals surface area contributed by atoms with E-state index in [1.165, 1.54) is 27.8 Å². The van der Waals surface area contributed by atoms with Gasteiger partial charge in [0.2, 0.25) is 0 Å². The molecule has 1 fully saturated rings. The van der Waals surface area contributed by atoms with E-state index in [-0.39, 0.29) is 38.8 Å². The van der Waals surface area contributed by atoms with Gasteiger partial charge in [-0.25, -0.2) is 0 Å². The highest BCUT2D eigenvalue weighted by atomic mass is 16.5. The van der Waals surface area contributed by atoms with Gasteiger partial charge in [0.15, 0.2) is 0 Å². The third kappa shape index (κ3) is 4.05. The Balaban J connectivity index is 1.32. The van der Waals surface area contributed by atoms with Crippen LogP contribution in [0, 0.1) is 0 Å². The molecular weight excluding hydrogens is 536 g/mol. The molecule has 0 amide bonds. The summed E-state index contributed by atoms with van der Waals surface area (Å²) < 4.78 is 16.8. The molecule has 8 rings (SSSR count). The van der Waals surface area contributed by atoms with Gasteiger partial charge in [0.05, 0.1) is 0 Å². The summed E-state index contributed by atoms with van der Waals surface area (Å²) in [4.78, 5) is 0. The van der Waals surface area contributed by atoms with Gasteiger partial charge in [-0.15, -0.1) is 0 Å². The molecule has 0 aliphatic carbocycles. The van der Waals surface area contributed by atoms with E-state index in [1.807, 2.05) is 0 Å². The maximum atomic E-state index is 6.89. The fourth-order valence-electron chi connectivity index (χ4n) is 7.62. The van der Waals surface area contributed by atoms with Crippen LogP contribution >= 0.6 is 0 Å². The van der Waals surface area contributed by atoms with Gasteiger partial charge in [0, 0.05) is 22.1 Å². The minimum atomic E-state index is -0.187. The van der Waals surface area contributed by atoms with Crippen molar-refractivity contribution in [2.45, 2.75) is 45.4 Å². The number of ether oxygens (including phenoxy) is 1. The van der Waals surface area contributed by atoms with Crippen LogP contribution in [0.1, 0.15) is 56.9 Å². The summed E-state index contributed by atoms with van der Waals surface area (Å²) in [6.45, 7) is 11.7. The average molecular weight is 572 g/mol. The van der Waals surface area contributed by atoms with Crippen molar-refractivity contribution < 1.29 is 4.74 Å².